The Labute approximate surface area is 198 Å². The van der Waals surface area contributed by atoms with Crippen LogP contribution < -0.4 is 4.74 Å². The van der Waals surface area contributed by atoms with Gasteiger partial charge in [-0.15, -0.1) is 0 Å². The van der Waals surface area contributed by atoms with E-state index in [1.807, 2.05) is 0 Å². The van der Waals surface area contributed by atoms with Crippen LogP contribution in [0.5, 0.6) is 5.75 Å². The van der Waals surface area contributed by atoms with Crippen molar-refractivity contribution in [3.05, 3.63) is 67.5 Å². The Balaban J connectivity index is 1.77. The monoisotopic (exact) mass is 499 g/mol. The highest BCUT2D eigenvalue weighted by atomic mass is 35.5. The summed E-state index contributed by atoms with van der Waals surface area (Å²) in [6.07, 6.45) is 1.52. The highest BCUT2D eigenvalue weighted by Gasteiger charge is 2.35. The van der Waals surface area contributed by atoms with Crippen LogP contribution in [0.4, 0.5) is 4.79 Å². The van der Waals surface area contributed by atoms with Gasteiger partial charge in [0, 0.05) is 5.02 Å². The van der Waals surface area contributed by atoms with Crippen LogP contribution >= 0.6 is 46.6 Å². The molecular formula is C21H16Cl3NO5S. The molecule has 6 nitrogen and oxygen atoms in total. The number of thioether (sulfide) groups is 1. The number of hydrogen-bond acceptors (Lipinski definition) is 6. The van der Waals surface area contributed by atoms with E-state index in [1.165, 1.54) is 18.2 Å². The van der Waals surface area contributed by atoms with Gasteiger partial charge < -0.3 is 9.47 Å². The molecule has 0 aromatic heterocycles. The minimum Gasteiger partial charge on any atom is -0.479 e. The summed E-state index contributed by atoms with van der Waals surface area (Å²) in [6, 6.07) is 10.1. The lowest BCUT2D eigenvalue weighted by Gasteiger charge is -2.13. The zero-order valence-electron chi connectivity index (χ0n) is 16.2. The number of esters is 1. The second-order valence-corrected chi connectivity index (χ2v) is 8.48. The lowest BCUT2D eigenvalue weighted by Crippen LogP contribution is -2.27. The van der Waals surface area contributed by atoms with Crippen LogP contribution in [-0.4, -0.2) is 35.2 Å². The normalized spacial score (nSPS) is 15.0. The van der Waals surface area contributed by atoms with Crippen molar-refractivity contribution < 1.29 is 23.9 Å². The van der Waals surface area contributed by atoms with Crippen molar-refractivity contribution in [2.24, 2.45) is 0 Å². The summed E-state index contributed by atoms with van der Waals surface area (Å²) in [6.45, 7) is 1.65. The van der Waals surface area contributed by atoms with Crippen LogP contribution in [0.25, 0.3) is 6.08 Å². The lowest BCUT2D eigenvalue weighted by atomic mass is 10.2. The molecule has 1 aliphatic heterocycles. The standard InChI is InChI=1S/C21H16Cl3NO5S/c1-2-29-18(26)11-30-19-15(23)7-12(8-16(19)24)9-17-20(27)25(21(28)31-17)10-13-5-3-4-6-14(13)22/h3-9H,2,10-11H2,1H3/b17-9-. The van der Waals surface area contributed by atoms with Gasteiger partial charge >= 0.3 is 5.97 Å². The van der Waals surface area contributed by atoms with Crippen molar-refractivity contribution in [1.29, 1.82) is 0 Å². The molecule has 1 saturated heterocycles. The first-order valence-corrected chi connectivity index (χ1v) is 11.0. The van der Waals surface area contributed by atoms with E-state index >= 15 is 0 Å². The average molecular weight is 501 g/mol. The van der Waals surface area contributed by atoms with Gasteiger partial charge in [0.15, 0.2) is 12.4 Å². The summed E-state index contributed by atoms with van der Waals surface area (Å²) >= 11 is 19.4. The fourth-order valence-corrected chi connectivity index (χ4v) is 4.37. The molecule has 1 aliphatic rings. The summed E-state index contributed by atoms with van der Waals surface area (Å²) in [5.74, 6) is -0.865. The first kappa shape index (κ1) is 23.5. The van der Waals surface area contributed by atoms with Crippen LogP contribution in [0.1, 0.15) is 18.1 Å². The number of ether oxygens (including phenoxy) is 2. The second-order valence-electron chi connectivity index (χ2n) is 6.27. The van der Waals surface area contributed by atoms with Crippen LogP contribution in [-0.2, 0) is 20.9 Å². The molecule has 0 spiro atoms. The van der Waals surface area contributed by atoms with Crippen LogP contribution in [0.3, 0.4) is 0 Å². The molecule has 0 aliphatic carbocycles. The molecular weight excluding hydrogens is 485 g/mol. The number of imide groups is 1. The van der Waals surface area contributed by atoms with Gasteiger partial charge in [-0.25, -0.2) is 4.79 Å². The second kappa shape index (κ2) is 10.4. The molecule has 0 unspecified atom stereocenters. The van der Waals surface area contributed by atoms with E-state index in [-0.39, 0.29) is 40.5 Å². The maximum Gasteiger partial charge on any atom is 0.344 e. The third-order valence-corrected chi connectivity index (χ3v) is 5.96. The first-order chi connectivity index (χ1) is 14.8. The number of nitrogens with zero attached hydrogens (tertiary/aromatic N) is 1. The molecule has 0 N–H and O–H groups in total. The van der Waals surface area contributed by atoms with Crippen molar-refractivity contribution >= 4 is 69.8 Å². The molecule has 2 amide bonds. The molecule has 0 saturated carbocycles. The summed E-state index contributed by atoms with van der Waals surface area (Å²) < 4.78 is 10.1. The molecule has 3 rings (SSSR count). The Morgan fingerprint density at radius 3 is 2.42 bits per heavy atom. The van der Waals surface area contributed by atoms with Gasteiger partial charge in [0.05, 0.1) is 28.1 Å². The van der Waals surface area contributed by atoms with E-state index in [1.54, 1.807) is 31.2 Å². The first-order valence-electron chi connectivity index (χ1n) is 9.06. The molecule has 2 aromatic rings. The van der Waals surface area contributed by atoms with Gasteiger partial charge in [0.25, 0.3) is 11.1 Å². The Hall–Kier alpha value is -2.19. The number of carbonyl (C=O) groups excluding carboxylic acids is 3. The quantitative estimate of drug-likeness (QED) is 0.352. The Bertz CT molecular complexity index is 1050. The molecule has 1 fully saturated rings. The van der Waals surface area contributed by atoms with Crippen LogP contribution in [0, 0.1) is 0 Å². The van der Waals surface area contributed by atoms with Gasteiger partial charge in [-0.1, -0.05) is 53.0 Å². The fraction of sp³-hybridized carbons (Fsp3) is 0.190. The Morgan fingerprint density at radius 2 is 1.77 bits per heavy atom. The average Bonchev–Trinajstić information content (AvgIpc) is 2.96. The third-order valence-electron chi connectivity index (χ3n) is 4.12. The van der Waals surface area contributed by atoms with Crippen LogP contribution in [0.15, 0.2) is 41.3 Å². The van der Waals surface area contributed by atoms with Gasteiger partial charge in [0.2, 0.25) is 0 Å². The minimum atomic E-state index is -0.550. The Morgan fingerprint density at radius 1 is 1.10 bits per heavy atom. The van der Waals surface area contributed by atoms with E-state index in [0.29, 0.717) is 16.1 Å². The third kappa shape index (κ3) is 5.74. The number of benzene rings is 2. The summed E-state index contributed by atoms with van der Waals surface area (Å²) in [5, 5.41) is 0.377. The van der Waals surface area contributed by atoms with Gasteiger partial charge in [-0.05, 0) is 54.1 Å². The van der Waals surface area contributed by atoms with Gasteiger partial charge in [-0.2, -0.15) is 0 Å². The smallest absolute Gasteiger partial charge is 0.344 e. The van der Waals surface area contributed by atoms with Gasteiger partial charge in [0.1, 0.15) is 0 Å². The zero-order chi connectivity index (χ0) is 22.5. The Kier molecular flexibility index (Phi) is 7.89. The molecule has 162 valence electrons. The minimum absolute atomic E-state index is 0.0732. The summed E-state index contributed by atoms with van der Waals surface area (Å²) in [4.78, 5) is 37.9. The van der Waals surface area contributed by atoms with Crippen LogP contribution in [0.2, 0.25) is 15.1 Å². The zero-order valence-corrected chi connectivity index (χ0v) is 19.3. The number of amides is 2. The largest absolute Gasteiger partial charge is 0.479 e. The molecule has 1 heterocycles. The number of carbonyl (C=O) groups is 3. The number of hydrogen-bond donors (Lipinski definition) is 0. The van der Waals surface area contributed by atoms with E-state index in [9.17, 15) is 14.4 Å². The van der Waals surface area contributed by atoms with E-state index in [0.717, 1.165) is 16.7 Å². The fourth-order valence-electron chi connectivity index (χ4n) is 2.72. The van der Waals surface area contributed by atoms with Crippen molar-refractivity contribution in [2.45, 2.75) is 13.5 Å². The summed E-state index contributed by atoms with van der Waals surface area (Å²) in [7, 11) is 0. The predicted octanol–water partition coefficient (Wildman–Crippen LogP) is 5.83. The molecule has 10 heteroatoms. The molecule has 0 atom stereocenters. The predicted molar refractivity (Wildman–Crippen MR) is 122 cm³/mol. The van der Waals surface area contributed by atoms with Crippen molar-refractivity contribution in [3.8, 4) is 5.75 Å². The summed E-state index contributed by atoms with van der Waals surface area (Å²) in [5.41, 5.74) is 1.17. The van der Waals surface area contributed by atoms with E-state index < -0.39 is 17.1 Å². The van der Waals surface area contributed by atoms with E-state index in [2.05, 4.69) is 0 Å². The highest BCUT2D eigenvalue weighted by molar-refractivity contribution is 8.18. The number of halogens is 3. The molecule has 0 bridgehead atoms. The molecule has 2 aromatic carbocycles. The van der Waals surface area contributed by atoms with E-state index in [4.69, 9.17) is 44.3 Å². The topological polar surface area (TPSA) is 72.9 Å². The maximum atomic E-state index is 12.7. The maximum absolute atomic E-state index is 12.7. The highest BCUT2D eigenvalue weighted by Crippen LogP contribution is 2.38. The SMILES string of the molecule is CCOC(=O)COc1c(Cl)cc(/C=C2\SC(=O)N(Cc3ccccc3Cl)C2=O)cc1Cl. The van der Waals surface area contributed by atoms with Crippen molar-refractivity contribution in [2.75, 3.05) is 13.2 Å². The van der Waals surface area contributed by atoms with Gasteiger partial charge in [-0.3, -0.25) is 14.5 Å². The molecule has 0 radical (unpaired) electrons. The van der Waals surface area contributed by atoms with Crippen molar-refractivity contribution in [3.63, 3.8) is 0 Å². The van der Waals surface area contributed by atoms with Crippen molar-refractivity contribution in [1.82, 2.24) is 4.90 Å². The lowest BCUT2D eigenvalue weighted by molar-refractivity contribution is -0.145. The molecule has 31 heavy (non-hydrogen) atoms. The number of rotatable bonds is 7.